The first-order valence-electron chi connectivity index (χ1n) is 7.58. The normalized spacial score (nSPS) is 19.0. The fraction of sp³-hybridized carbons (Fsp3) is 0.800. The van der Waals surface area contributed by atoms with Gasteiger partial charge in [0.25, 0.3) is 0 Å². The molecule has 0 aromatic carbocycles. The van der Waals surface area contributed by atoms with E-state index in [4.69, 9.17) is 9.84 Å². The summed E-state index contributed by atoms with van der Waals surface area (Å²) in [5.74, 6) is -0.547. The van der Waals surface area contributed by atoms with E-state index in [1.807, 2.05) is 20.8 Å². The van der Waals surface area contributed by atoms with Crippen LogP contribution in [0.15, 0.2) is 0 Å². The summed E-state index contributed by atoms with van der Waals surface area (Å²) < 4.78 is 5.61. The van der Waals surface area contributed by atoms with E-state index >= 15 is 0 Å². The second-order valence-corrected chi connectivity index (χ2v) is 7.20. The molecule has 1 rings (SSSR count). The summed E-state index contributed by atoms with van der Waals surface area (Å²) >= 11 is 1.48. The molecule has 22 heavy (non-hydrogen) atoms. The number of hydrogen-bond acceptors (Lipinski definition) is 5. The van der Waals surface area contributed by atoms with Crippen molar-refractivity contribution >= 4 is 29.5 Å². The minimum Gasteiger partial charge on any atom is -0.481 e. The fourth-order valence-corrected chi connectivity index (χ4v) is 3.74. The Bertz CT molecular complexity index is 424. The van der Waals surface area contributed by atoms with Gasteiger partial charge in [0.05, 0.1) is 10.9 Å². The quantitative estimate of drug-likeness (QED) is 0.616. The number of thioether (sulfide) groups is 1. The Balaban J connectivity index is 2.39. The van der Waals surface area contributed by atoms with Gasteiger partial charge in [-0.05, 0) is 39.4 Å². The van der Waals surface area contributed by atoms with Crippen molar-refractivity contribution in [1.29, 1.82) is 0 Å². The van der Waals surface area contributed by atoms with Gasteiger partial charge in [0.1, 0.15) is 0 Å². The molecule has 0 aromatic rings. The maximum Gasteiger partial charge on any atom is 0.303 e. The molecule has 126 valence electrons. The van der Waals surface area contributed by atoms with E-state index in [2.05, 4.69) is 0 Å². The number of carboxylic acid groups (broad SMARTS) is 1. The van der Waals surface area contributed by atoms with Crippen LogP contribution < -0.4 is 0 Å². The average molecular weight is 331 g/mol. The van der Waals surface area contributed by atoms with E-state index in [0.29, 0.717) is 13.0 Å². The Morgan fingerprint density at radius 1 is 1.45 bits per heavy atom. The number of rotatable bonds is 10. The number of carboxylic acids is 1. The molecule has 0 radical (unpaired) electrons. The van der Waals surface area contributed by atoms with E-state index < -0.39 is 5.97 Å². The van der Waals surface area contributed by atoms with Crippen LogP contribution in [0.25, 0.3) is 0 Å². The lowest BCUT2D eigenvalue weighted by Crippen LogP contribution is -2.32. The first-order chi connectivity index (χ1) is 10.3. The van der Waals surface area contributed by atoms with Gasteiger partial charge in [0.2, 0.25) is 11.8 Å². The van der Waals surface area contributed by atoms with Gasteiger partial charge in [0, 0.05) is 26.0 Å². The molecule has 1 heterocycles. The number of carbonyl (C=O) groups is 3. The van der Waals surface area contributed by atoms with E-state index in [1.54, 1.807) is 0 Å². The van der Waals surface area contributed by atoms with Gasteiger partial charge >= 0.3 is 5.97 Å². The number of nitrogens with zero attached hydrogens (tertiary/aromatic N) is 1. The SMILES string of the molecule is CCOC(C)(C)CCSC1CC(=O)N(CCCC(=O)O)C1=O. The van der Waals surface area contributed by atoms with E-state index in [9.17, 15) is 14.4 Å². The zero-order valence-corrected chi connectivity index (χ0v) is 14.3. The summed E-state index contributed by atoms with van der Waals surface area (Å²) in [6.45, 7) is 6.82. The van der Waals surface area contributed by atoms with Gasteiger partial charge in [-0.1, -0.05) is 0 Å². The van der Waals surface area contributed by atoms with Crippen molar-refractivity contribution in [2.45, 2.75) is 57.3 Å². The van der Waals surface area contributed by atoms with Crippen molar-refractivity contribution in [2.75, 3.05) is 18.9 Å². The number of hydrogen-bond donors (Lipinski definition) is 1. The highest BCUT2D eigenvalue weighted by Gasteiger charge is 2.38. The molecule has 0 saturated carbocycles. The number of amides is 2. The molecule has 1 N–H and O–H groups in total. The molecule has 1 saturated heterocycles. The lowest BCUT2D eigenvalue weighted by molar-refractivity contribution is -0.141. The predicted octanol–water partition coefficient (Wildman–Crippen LogP) is 1.92. The summed E-state index contributed by atoms with van der Waals surface area (Å²) in [6.07, 6.45) is 1.30. The minimum atomic E-state index is -0.914. The lowest BCUT2D eigenvalue weighted by atomic mass is 10.1. The molecule has 1 aliphatic heterocycles. The van der Waals surface area contributed by atoms with Gasteiger partial charge in [-0.2, -0.15) is 0 Å². The van der Waals surface area contributed by atoms with Crippen LogP contribution >= 0.6 is 11.8 Å². The van der Waals surface area contributed by atoms with Crippen molar-refractivity contribution in [1.82, 2.24) is 4.90 Å². The standard InChI is InChI=1S/C15H25NO5S/c1-4-21-15(2,3)7-9-22-11-10-12(17)16(14(11)20)8-5-6-13(18)19/h11H,4-10H2,1-3H3,(H,18,19). The largest absolute Gasteiger partial charge is 0.481 e. The minimum absolute atomic E-state index is 0.0303. The van der Waals surface area contributed by atoms with Crippen LogP contribution in [-0.4, -0.2) is 57.5 Å². The Hall–Kier alpha value is -1.08. The van der Waals surface area contributed by atoms with Crippen molar-refractivity contribution in [3.05, 3.63) is 0 Å². The summed E-state index contributed by atoms with van der Waals surface area (Å²) in [4.78, 5) is 35.7. The van der Waals surface area contributed by atoms with Crippen LogP contribution in [0, 0.1) is 0 Å². The van der Waals surface area contributed by atoms with Crippen LogP contribution in [0.1, 0.15) is 46.5 Å². The molecule has 1 atom stereocenters. The van der Waals surface area contributed by atoms with Gasteiger partial charge in [-0.15, -0.1) is 11.8 Å². The Morgan fingerprint density at radius 2 is 2.14 bits per heavy atom. The lowest BCUT2D eigenvalue weighted by Gasteiger charge is -2.24. The second-order valence-electron chi connectivity index (χ2n) is 5.89. The number of likely N-dealkylation sites (tertiary alicyclic amines) is 1. The topological polar surface area (TPSA) is 83.9 Å². The highest BCUT2D eigenvalue weighted by atomic mass is 32.2. The van der Waals surface area contributed by atoms with Crippen molar-refractivity contribution in [3.63, 3.8) is 0 Å². The molecule has 2 amide bonds. The first-order valence-corrected chi connectivity index (χ1v) is 8.63. The summed E-state index contributed by atoms with van der Waals surface area (Å²) in [5, 5.41) is 8.26. The van der Waals surface area contributed by atoms with Gasteiger partial charge < -0.3 is 9.84 Å². The smallest absolute Gasteiger partial charge is 0.303 e. The third-order valence-electron chi connectivity index (χ3n) is 3.53. The zero-order valence-electron chi connectivity index (χ0n) is 13.5. The van der Waals surface area contributed by atoms with Crippen molar-refractivity contribution in [3.8, 4) is 0 Å². The molecular formula is C15H25NO5S. The van der Waals surface area contributed by atoms with E-state index in [1.165, 1.54) is 16.7 Å². The Labute approximate surface area is 135 Å². The highest BCUT2D eigenvalue weighted by molar-refractivity contribution is 8.00. The molecule has 7 heteroatoms. The van der Waals surface area contributed by atoms with Gasteiger partial charge in [-0.25, -0.2) is 0 Å². The molecule has 0 aromatic heterocycles. The molecule has 0 bridgehead atoms. The Morgan fingerprint density at radius 3 is 2.73 bits per heavy atom. The van der Waals surface area contributed by atoms with Crippen molar-refractivity contribution < 1.29 is 24.2 Å². The van der Waals surface area contributed by atoms with Gasteiger partial charge in [0.15, 0.2) is 0 Å². The maximum absolute atomic E-state index is 12.2. The fourth-order valence-electron chi connectivity index (χ4n) is 2.32. The number of imide groups is 1. The zero-order chi connectivity index (χ0) is 16.8. The average Bonchev–Trinajstić information content (AvgIpc) is 2.65. The molecule has 0 aliphatic carbocycles. The molecule has 1 aliphatic rings. The third kappa shape index (κ3) is 5.96. The monoisotopic (exact) mass is 331 g/mol. The predicted molar refractivity (Wildman–Crippen MR) is 84.8 cm³/mol. The second kappa shape index (κ2) is 8.53. The molecular weight excluding hydrogens is 306 g/mol. The molecule has 1 fully saturated rings. The van der Waals surface area contributed by atoms with Gasteiger partial charge in [-0.3, -0.25) is 19.3 Å². The van der Waals surface area contributed by atoms with E-state index in [-0.39, 0.29) is 42.1 Å². The molecule has 1 unspecified atom stereocenters. The van der Waals surface area contributed by atoms with Crippen LogP contribution in [0.2, 0.25) is 0 Å². The summed E-state index contributed by atoms with van der Waals surface area (Å²) in [6, 6.07) is 0. The van der Waals surface area contributed by atoms with Crippen LogP contribution in [0.3, 0.4) is 0 Å². The van der Waals surface area contributed by atoms with Crippen LogP contribution in [0.5, 0.6) is 0 Å². The highest BCUT2D eigenvalue weighted by Crippen LogP contribution is 2.28. The third-order valence-corrected chi connectivity index (χ3v) is 4.74. The summed E-state index contributed by atoms with van der Waals surface area (Å²) in [5.41, 5.74) is -0.228. The maximum atomic E-state index is 12.2. The molecule has 0 spiro atoms. The number of aliphatic carboxylic acids is 1. The van der Waals surface area contributed by atoms with Crippen LogP contribution in [-0.2, 0) is 19.1 Å². The number of carbonyl (C=O) groups excluding carboxylic acids is 2. The van der Waals surface area contributed by atoms with E-state index in [0.717, 1.165) is 12.2 Å². The molecule has 6 nitrogen and oxygen atoms in total. The first kappa shape index (κ1) is 19.0. The van der Waals surface area contributed by atoms with Crippen LogP contribution in [0.4, 0.5) is 0 Å². The summed E-state index contributed by atoms with van der Waals surface area (Å²) in [7, 11) is 0. The van der Waals surface area contributed by atoms with Crippen molar-refractivity contribution in [2.24, 2.45) is 0 Å². The number of ether oxygens (including phenoxy) is 1. The Kier molecular flexibility index (Phi) is 7.35.